The van der Waals surface area contributed by atoms with E-state index in [0.29, 0.717) is 6.54 Å². The first-order valence-electron chi connectivity index (χ1n) is 3.26. The molecule has 0 amide bonds. The topological polar surface area (TPSA) is 35.2 Å². The fourth-order valence-corrected chi connectivity index (χ4v) is 2.34. The van der Waals surface area contributed by atoms with E-state index >= 15 is 0 Å². The van der Waals surface area contributed by atoms with E-state index in [-0.39, 0.29) is 18.5 Å². The zero-order chi connectivity index (χ0) is 8.27. The number of methoxy groups -OCH3 is 1. The van der Waals surface area contributed by atoms with E-state index in [1.165, 1.54) is 4.88 Å². The van der Waals surface area contributed by atoms with Gasteiger partial charge in [0.05, 0.1) is 3.79 Å². The first-order valence-corrected chi connectivity index (χ1v) is 4.87. The van der Waals surface area contributed by atoms with Gasteiger partial charge >= 0.3 is 0 Å². The lowest BCUT2D eigenvalue weighted by Crippen LogP contribution is -2.12. The standard InChI is InChI=1S/C7H10BrNOS.ClH/c1-10-5(4-9)6-2-3-7(8)11-6;/h2-3,5H,4,9H2,1H3;1H. The lowest BCUT2D eigenvalue weighted by Gasteiger charge is -2.09. The molecule has 1 aromatic heterocycles. The van der Waals surface area contributed by atoms with Crippen molar-refractivity contribution in [2.45, 2.75) is 6.10 Å². The average Bonchev–Trinajstić information content (AvgIpc) is 2.39. The molecule has 0 bridgehead atoms. The molecule has 1 unspecified atom stereocenters. The maximum Gasteiger partial charge on any atom is 0.103 e. The Bertz CT molecular complexity index is 227. The summed E-state index contributed by atoms with van der Waals surface area (Å²) in [5.41, 5.74) is 5.49. The van der Waals surface area contributed by atoms with Crippen molar-refractivity contribution in [2.24, 2.45) is 5.73 Å². The predicted molar refractivity (Wildman–Crippen MR) is 58.1 cm³/mol. The summed E-state index contributed by atoms with van der Waals surface area (Å²) in [6, 6.07) is 4.03. The van der Waals surface area contributed by atoms with E-state index in [1.807, 2.05) is 12.1 Å². The zero-order valence-electron chi connectivity index (χ0n) is 6.62. The monoisotopic (exact) mass is 271 g/mol. The summed E-state index contributed by atoms with van der Waals surface area (Å²) in [6.45, 7) is 0.531. The Morgan fingerprint density at radius 3 is 2.67 bits per heavy atom. The first-order chi connectivity index (χ1) is 5.27. The number of rotatable bonds is 3. The van der Waals surface area contributed by atoms with Gasteiger partial charge in [-0.3, -0.25) is 0 Å². The van der Waals surface area contributed by atoms with Crippen molar-refractivity contribution in [3.05, 3.63) is 20.8 Å². The third-order valence-corrected chi connectivity index (χ3v) is 3.13. The molecule has 5 heteroatoms. The molecule has 1 aromatic rings. The Hall–Kier alpha value is 0.390. The number of nitrogens with two attached hydrogens (primary N) is 1. The Morgan fingerprint density at radius 2 is 2.33 bits per heavy atom. The van der Waals surface area contributed by atoms with E-state index in [0.717, 1.165) is 3.79 Å². The van der Waals surface area contributed by atoms with Gasteiger partial charge in [0.25, 0.3) is 0 Å². The third-order valence-electron chi connectivity index (χ3n) is 1.41. The van der Waals surface area contributed by atoms with Crippen LogP contribution in [0.3, 0.4) is 0 Å². The third kappa shape index (κ3) is 3.03. The van der Waals surface area contributed by atoms with Crippen LogP contribution in [0.1, 0.15) is 11.0 Å². The average molecular weight is 273 g/mol. The molecule has 0 fully saturated rings. The molecule has 2 N–H and O–H groups in total. The minimum absolute atomic E-state index is 0. The van der Waals surface area contributed by atoms with Gasteiger partial charge in [-0.1, -0.05) is 0 Å². The summed E-state index contributed by atoms with van der Waals surface area (Å²) in [6.07, 6.45) is 0.0475. The molecule has 0 saturated heterocycles. The lowest BCUT2D eigenvalue weighted by molar-refractivity contribution is 0.113. The molecule has 1 heterocycles. The van der Waals surface area contributed by atoms with Gasteiger partial charge in [0.15, 0.2) is 0 Å². The fraction of sp³-hybridized carbons (Fsp3) is 0.429. The van der Waals surface area contributed by atoms with Crippen LogP contribution in [-0.4, -0.2) is 13.7 Å². The Morgan fingerprint density at radius 1 is 1.67 bits per heavy atom. The molecule has 1 rings (SSSR count). The first kappa shape index (κ1) is 12.4. The van der Waals surface area contributed by atoms with Crippen molar-refractivity contribution in [1.29, 1.82) is 0 Å². The summed E-state index contributed by atoms with van der Waals surface area (Å²) in [4.78, 5) is 1.17. The molecule has 0 aromatic carbocycles. The van der Waals surface area contributed by atoms with Crippen molar-refractivity contribution >= 4 is 39.7 Å². The quantitative estimate of drug-likeness (QED) is 0.918. The normalized spacial score (nSPS) is 12.2. The highest BCUT2D eigenvalue weighted by Gasteiger charge is 2.09. The van der Waals surface area contributed by atoms with Gasteiger partial charge in [-0.05, 0) is 28.1 Å². The molecule has 0 saturated carbocycles. The molecule has 1 atom stereocenters. The van der Waals surface area contributed by atoms with Gasteiger partial charge in [-0.25, -0.2) is 0 Å². The second-order valence-corrected chi connectivity index (χ2v) is 4.60. The van der Waals surface area contributed by atoms with Crippen molar-refractivity contribution in [3.63, 3.8) is 0 Å². The van der Waals surface area contributed by atoms with E-state index in [1.54, 1.807) is 18.4 Å². The second-order valence-electron chi connectivity index (χ2n) is 2.10. The summed E-state index contributed by atoms with van der Waals surface area (Å²) in [5, 5.41) is 0. The maximum atomic E-state index is 5.49. The Kier molecular flexibility index (Phi) is 6.13. The SMILES string of the molecule is COC(CN)c1ccc(Br)s1.Cl. The largest absolute Gasteiger partial charge is 0.375 e. The van der Waals surface area contributed by atoms with E-state index < -0.39 is 0 Å². The number of halogens is 2. The smallest absolute Gasteiger partial charge is 0.103 e. The molecule has 0 spiro atoms. The highest BCUT2D eigenvalue weighted by atomic mass is 79.9. The highest BCUT2D eigenvalue weighted by Crippen LogP contribution is 2.28. The summed E-state index contributed by atoms with van der Waals surface area (Å²) < 4.78 is 6.28. The van der Waals surface area contributed by atoms with Crippen LogP contribution in [0, 0.1) is 0 Å². The summed E-state index contributed by atoms with van der Waals surface area (Å²) >= 11 is 5.04. The van der Waals surface area contributed by atoms with Crippen molar-refractivity contribution in [3.8, 4) is 0 Å². The van der Waals surface area contributed by atoms with E-state index in [2.05, 4.69) is 15.9 Å². The number of hydrogen-bond donors (Lipinski definition) is 1. The molecular formula is C7H11BrClNOS. The van der Waals surface area contributed by atoms with Gasteiger partial charge in [0.1, 0.15) is 6.10 Å². The molecular weight excluding hydrogens is 262 g/mol. The number of ether oxygens (including phenoxy) is 1. The molecule has 2 nitrogen and oxygen atoms in total. The maximum absolute atomic E-state index is 5.49. The van der Waals surface area contributed by atoms with Crippen molar-refractivity contribution in [2.75, 3.05) is 13.7 Å². The van der Waals surface area contributed by atoms with Gasteiger partial charge in [-0.2, -0.15) is 0 Å². The molecule has 0 aliphatic heterocycles. The van der Waals surface area contributed by atoms with Crippen LogP contribution >= 0.6 is 39.7 Å². The van der Waals surface area contributed by atoms with Gasteiger partial charge < -0.3 is 10.5 Å². The highest BCUT2D eigenvalue weighted by molar-refractivity contribution is 9.11. The lowest BCUT2D eigenvalue weighted by atomic mass is 10.3. The molecule has 0 aliphatic rings. The minimum atomic E-state index is 0. The summed E-state index contributed by atoms with van der Waals surface area (Å²) in [7, 11) is 1.67. The molecule has 70 valence electrons. The summed E-state index contributed by atoms with van der Waals surface area (Å²) in [5.74, 6) is 0. The second kappa shape index (κ2) is 5.94. The predicted octanol–water partition coefficient (Wildman–Crippen LogP) is 2.58. The van der Waals surface area contributed by atoms with Crippen LogP contribution in [0.2, 0.25) is 0 Å². The van der Waals surface area contributed by atoms with Gasteiger partial charge in [0, 0.05) is 18.5 Å². The molecule has 12 heavy (non-hydrogen) atoms. The minimum Gasteiger partial charge on any atom is -0.375 e. The molecule has 0 aliphatic carbocycles. The van der Waals surface area contributed by atoms with Crippen molar-refractivity contribution in [1.82, 2.24) is 0 Å². The Balaban J connectivity index is 0.00000121. The zero-order valence-corrected chi connectivity index (χ0v) is 9.84. The van der Waals surface area contributed by atoms with E-state index in [4.69, 9.17) is 10.5 Å². The van der Waals surface area contributed by atoms with Crippen molar-refractivity contribution < 1.29 is 4.74 Å². The van der Waals surface area contributed by atoms with Crippen LogP contribution in [0.5, 0.6) is 0 Å². The van der Waals surface area contributed by atoms with Gasteiger partial charge in [-0.15, -0.1) is 23.7 Å². The fourth-order valence-electron chi connectivity index (χ4n) is 0.830. The van der Waals surface area contributed by atoms with Crippen LogP contribution < -0.4 is 5.73 Å². The number of hydrogen-bond acceptors (Lipinski definition) is 3. The van der Waals surface area contributed by atoms with Crippen LogP contribution in [0.25, 0.3) is 0 Å². The van der Waals surface area contributed by atoms with Crippen LogP contribution in [0.15, 0.2) is 15.9 Å². The van der Waals surface area contributed by atoms with Crippen LogP contribution in [0.4, 0.5) is 0 Å². The molecule has 0 radical (unpaired) electrons. The van der Waals surface area contributed by atoms with Crippen LogP contribution in [-0.2, 0) is 4.74 Å². The number of thiophene rings is 1. The van der Waals surface area contributed by atoms with Gasteiger partial charge in [0.2, 0.25) is 0 Å². The van der Waals surface area contributed by atoms with E-state index in [9.17, 15) is 0 Å². The Labute approximate surface area is 90.6 Å².